The van der Waals surface area contributed by atoms with Crippen molar-refractivity contribution < 1.29 is 4.74 Å². The molecule has 1 aromatic carbocycles. The molecule has 0 amide bonds. The molecule has 3 rings (SSSR count). The Kier molecular flexibility index (Phi) is 4.42. The third kappa shape index (κ3) is 3.07. The largest absolute Gasteiger partial charge is 0.373 e. The van der Waals surface area contributed by atoms with Gasteiger partial charge in [-0.2, -0.15) is 0 Å². The maximum absolute atomic E-state index is 6.09. The molecule has 0 radical (unpaired) electrons. The molecule has 1 aliphatic carbocycles. The fourth-order valence-corrected chi connectivity index (χ4v) is 3.60. The van der Waals surface area contributed by atoms with Crippen molar-refractivity contribution in [1.29, 1.82) is 0 Å². The van der Waals surface area contributed by atoms with Crippen molar-refractivity contribution in [3.05, 3.63) is 35.4 Å². The fraction of sp³-hybridized carbons (Fsp3) is 0.667. The zero-order valence-electron chi connectivity index (χ0n) is 12.8. The van der Waals surface area contributed by atoms with Crippen LogP contribution in [0.5, 0.6) is 0 Å². The van der Waals surface area contributed by atoms with Crippen molar-refractivity contribution in [2.24, 2.45) is 11.8 Å². The second-order valence-electron chi connectivity index (χ2n) is 6.40. The first kappa shape index (κ1) is 14.1. The molecule has 1 saturated carbocycles. The average Bonchev–Trinajstić information content (AvgIpc) is 3.31. The third-order valence-corrected chi connectivity index (χ3v) is 5.03. The Hall–Kier alpha value is -0.860. The molecule has 2 nitrogen and oxygen atoms in total. The molecule has 3 atom stereocenters. The normalized spacial score (nSPS) is 25.0. The first-order valence-corrected chi connectivity index (χ1v) is 8.22. The minimum atomic E-state index is 0.283. The summed E-state index contributed by atoms with van der Waals surface area (Å²) in [5.74, 6) is 1.71. The Bertz CT molecular complexity index is 441. The van der Waals surface area contributed by atoms with Crippen LogP contribution in [0, 0.1) is 11.8 Å². The maximum atomic E-state index is 6.09. The van der Waals surface area contributed by atoms with Gasteiger partial charge in [0.05, 0.1) is 12.7 Å². The predicted octanol–water partition coefficient (Wildman–Crippen LogP) is 3.71. The van der Waals surface area contributed by atoms with E-state index in [0.717, 1.165) is 37.8 Å². The summed E-state index contributed by atoms with van der Waals surface area (Å²) in [6, 6.07) is 9.40. The molecule has 0 aromatic heterocycles. The zero-order chi connectivity index (χ0) is 13.9. The highest BCUT2D eigenvalue weighted by Crippen LogP contribution is 2.41. The van der Waals surface area contributed by atoms with Crippen LogP contribution >= 0.6 is 0 Å². The molecule has 1 fully saturated rings. The van der Waals surface area contributed by atoms with Gasteiger partial charge in [0.15, 0.2) is 0 Å². The Morgan fingerprint density at radius 2 is 2.10 bits per heavy atom. The van der Waals surface area contributed by atoms with Crippen LogP contribution in [0.15, 0.2) is 24.3 Å². The van der Waals surface area contributed by atoms with E-state index in [0.29, 0.717) is 6.04 Å². The predicted molar refractivity (Wildman–Crippen MR) is 82.8 cm³/mol. The molecule has 1 N–H and O–H groups in total. The van der Waals surface area contributed by atoms with E-state index in [-0.39, 0.29) is 6.10 Å². The first-order chi connectivity index (χ1) is 9.79. The Morgan fingerprint density at radius 3 is 2.85 bits per heavy atom. The molecule has 1 heterocycles. The lowest BCUT2D eigenvalue weighted by atomic mass is 9.87. The summed E-state index contributed by atoms with van der Waals surface area (Å²) < 4.78 is 6.09. The number of rotatable bonds is 6. The zero-order valence-corrected chi connectivity index (χ0v) is 12.8. The monoisotopic (exact) mass is 273 g/mol. The molecule has 3 unspecified atom stereocenters. The van der Waals surface area contributed by atoms with Crippen molar-refractivity contribution in [2.45, 2.75) is 51.7 Å². The standard InChI is InChI=1S/C18H27NO/c1-3-19-17(13(2)14-8-9-14)12-18-16-7-5-4-6-15(16)10-11-20-18/h4-7,13-14,17-19H,3,8-12H2,1-2H3. The van der Waals surface area contributed by atoms with Crippen LogP contribution in [0.25, 0.3) is 0 Å². The lowest BCUT2D eigenvalue weighted by molar-refractivity contribution is 0.0243. The first-order valence-electron chi connectivity index (χ1n) is 8.22. The van der Waals surface area contributed by atoms with Crippen LogP contribution in [0.2, 0.25) is 0 Å². The SMILES string of the molecule is CCNC(CC1OCCc2ccccc21)C(C)C1CC1. The second kappa shape index (κ2) is 6.28. The minimum Gasteiger partial charge on any atom is -0.373 e. The van der Waals surface area contributed by atoms with Gasteiger partial charge < -0.3 is 10.1 Å². The van der Waals surface area contributed by atoms with Crippen LogP contribution in [-0.4, -0.2) is 19.2 Å². The molecule has 20 heavy (non-hydrogen) atoms. The summed E-state index contributed by atoms with van der Waals surface area (Å²) in [6.45, 7) is 6.55. The highest BCUT2D eigenvalue weighted by atomic mass is 16.5. The third-order valence-electron chi connectivity index (χ3n) is 5.03. The van der Waals surface area contributed by atoms with E-state index in [1.807, 2.05) is 0 Å². The number of benzene rings is 1. The maximum Gasteiger partial charge on any atom is 0.0842 e. The number of hydrogen-bond donors (Lipinski definition) is 1. The number of hydrogen-bond acceptors (Lipinski definition) is 2. The summed E-state index contributed by atoms with van der Waals surface area (Å²) in [5, 5.41) is 3.70. The molecule has 2 heteroatoms. The van der Waals surface area contributed by atoms with Crippen LogP contribution in [0.1, 0.15) is 50.3 Å². The van der Waals surface area contributed by atoms with E-state index in [9.17, 15) is 0 Å². The smallest absolute Gasteiger partial charge is 0.0842 e. The number of ether oxygens (including phenoxy) is 1. The Morgan fingerprint density at radius 1 is 1.30 bits per heavy atom. The van der Waals surface area contributed by atoms with E-state index in [1.54, 1.807) is 0 Å². The van der Waals surface area contributed by atoms with Gasteiger partial charge in [-0.1, -0.05) is 38.1 Å². The lowest BCUT2D eigenvalue weighted by Gasteiger charge is -2.32. The van der Waals surface area contributed by atoms with Crippen molar-refractivity contribution in [3.8, 4) is 0 Å². The number of fused-ring (bicyclic) bond motifs is 1. The molecular weight excluding hydrogens is 246 g/mol. The highest BCUT2D eigenvalue weighted by Gasteiger charge is 2.35. The summed E-state index contributed by atoms with van der Waals surface area (Å²) in [4.78, 5) is 0. The van der Waals surface area contributed by atoms with Gasteiger partial charge in [0.2, 0.25) is 0 Å². The van der Waals surface area contributed by atoms with E-state index in [2.05, 4.69) is 43.4 Å². The summed E-state index contributed by atoms with van der Waals surface area (Å²) in [7, 11) is 0. The molecule has 2 aliphatic rings. The van der Waals surface area contributed by atoms with Crippen LogP contribution in [0.4, 0.5) is 0 Å². The molecule has 0 saturated heterocycles. The second-order valence-corrected chi connectivity index (χ2v) is 6.40. The molecule has 0 spiro atoms. The lowest BCUT2D eigenvalue weighted by Crippen LogP contribution is -2.38. The van der Waals surface area contributed by atoms with Gasteiger partial charge in [-0.3, -0.25) is 0 Å². The van der Waals surface area contributed by atoms with E-state index >= 15 is 0 Å². The van der Waals surface area contributed by atoms with E-state index in [1.165, 1.54) is 24.0 Å². The van der Waals surface area contributed by atoms with Gasteiger partial charge in [-0.15, -0.1) is 0 Å². The topological polar surface area (TPSA) is 21.3 Å². The van der Waals surface area contributed by atoms with Crippen molar-refractivity contribution in [1.82, 2.24) is 5.32 Å². The van der Waals surface area contributed by atoms with Gasteiger partial charge in [-0.25, -0.2) is 0 Å². The summed E-state index contributed by atoms with van der Waals surface area (Å²) in [6.07, 6.45) is 5.31. The van der Waals surface area contributed by atoms with Crippen molar-refractivity contribution >= 4 is 0 Å². The van der Waals surface area contributed by atoms with Crippen molar-refractivity contribution in [2.75, 3.05) is 13.2 Å². The van der Waals surface area contributed by atoms with Gasteiger partial charge >= 0.3 is 0 Å². The average molecular weight is 273 g/mol. The molecule has 1 aliphatic heterocycles. The van der Waals surface area contributed by atoms with Gasteiger partial charge in [0.1, 0.15) is 0 Å². The van der Waals surface area contributed by atoms with Gasteiger partial charge in [-0.05, 0) is 55.2 Å². The van der Waals surface area contributed by atoms with Crippen molar-refractivity contribution in [3.63, 3.8) is 0 Å². The van der Waals surface area contributed by atoms with Crippen LogP contribution in [0.3, 0.4) is 0 Å². The highest BCUT2D eigenvalue weighted by molar-refractivity contribution is 5.31. The van der Waals surface area contributed by atoms with E-state index in [4.69, 9.17) is 4.74 Å². The Labute approximate surface area is 122 Å². The molecular formula is C18H27NO. The Balaban J connectivity index is 1.72. The fourth-order valence-electron chi connectivity index (χ4n) is 3.60. The molecule has 110 valence electrons. The minimum absolute atomic E-state index is 0.283. The van der Waals surface area contributed by atoms with Gasteiger partial charge in [0, 0.05) is 6.04 Å². The van der Waals surface area contributed by atoms with Crippen LogP contribution in [-0.2, 0) is 11.2 Å². The molecule has 0 bridgehead atoms. The summed E-state index contributed by atoms with van der Waals surface area (Å²) >= 11 is 0. The summed E-state index contributed by atoms with van der Waals surface area (Å²) in [5.41, 5.74) is 2.91. The molecule has 1 aromatic rings. The quantitative estimate of drug-likeness (QED) is 0.853. The van der Waals surface area contributed by atoms with Crippen LogP contribution < -0.4 is 5.32 Å². The number of nitrogens with one attached hydrogen (secondary N) is 1. The van der Waals surface area contributed by atoms with E-state index < -0.39 is 0 Å². The van der Waals surface area contributed by atoms with Gasteiger partial charge in [0.25, 0.3) is 0 Å².